The summed E-state index contributed by atoms with van der Waals surface area (Å²) in [4.78, 5) is 20.7. The zero-order valence-electron chi connectivity index (χ0n) is 16.9. The van der Waals surface area contributed by atoms with Crippen LogP contribution in [0.25, 0.3) is 22.2 Å². The number of carbonyl (C=O) groups excluding carboxylic acids is 1. The minimum absolute atomic E-state index is 0.00491. The number of rotatable bonds is 1. The van der Waals surface area contributed by atoms with Crippen LogP contribution in [-0.2, 0) is 0 Å². The standard InChI is InChI=1S/C28H16N2O2/c31-28-19-16-17-8-1-2-10-20(17)29-27(19)18-9-7-13-23(26(18)28)30-21-11-3-5-14-24(21)32-25-15-6-4-12-22(25)30/h1-16H. The number of para-hydroxylation sites is 5. The fourth-order valence-corrected chi connectivity index (χ4v) is 4.76. The average molecular weight is 412 g/mol. The number of fused-ring (bicyclic) bond motifs is 6. The molecule has 7 rings (SSSR count). The van der Waals surface area contributed by atoms with Gasteiger partial charge in [-0.1, -0.05) is 54.6 Å². The van der Waals surface area contributed by atoms with Crippen molar-refractivity contribution in [3.8, 4) is 22.8 Å². The van der Waals surface area contributed by atoms with Crippen molar-refractivity contribution in [1.82, 2.24) is 4.98 Å². The molecule has 2 heterocycles. The van der Waals surface area contributed by atoms with Crippen LogP contribution in [0.4, 0.5) is 17.1 Å². The first-order valence-electron chi connectivity index (χ1n) is 10.5. The van der Waals surface area contributed by atoms with Gasteiger partial charge < -0.3 is 9.64 Å². The number of nitrogens with zero attached hydrogens (tertiary/aromatic N) is 2. The zero-order valence-corrected chi connectivity index (χ0v) is 16.9. The van der Waals surface area contributed by atoms with Crippen LogP contribution in [0.15, 0.2) is 97.1 Å². The molecule has 0 fully saturated rings. The largest absolute Gasteiger partial charge is 0.453 e. The van der Waals surface area contributed by atoms with E-state index in [4.69, 9.17) is 9.72 Å². The molecule has 0 bridgehead atoms. The van der Waals surface area contributed by atoms with Crippen LogP contribution in [0.2, 0.25) is 0 Å². The second kappa shape index (κ2) is 6.28. The molecule has 1 aromatic heterocycles. The number of benzene rings is 4. The van der Waals surface area contributed by atoms with Crippen LogP contribution >= 0.6 is 0 Å². The molecule has 0 amide bonds. The summed E-state index contributed by atoms with van der Waals surface area (Å²) in [5, 5.41) is 0.969. The van der Waals surface area contributed by atoms with E-state index in [0.717, 1.165) is 50.7 Å². The van der Waals surface area contributed by atoms with Crippen LogP contribution in [0, 0.1) is 0 Å². The van der Waals surface area contributed by atoms with Gasteiger partial charge in [-0.25, -0.2) is 4.98 Å². The van der Waals surface area contributed by atoms with Gasteiger partial charge >= 0.3 is 0 Å². The molecule has 0 saturated carbocycles. The maximum Gasteiger partial charge on any atom is 0.198 e. The Kier molecular flexibility index (Phi) is 3.39. The summed E-state index contributed by atoms with van der Waals surface area (Å²) < 4.78 is 6.15. The molecule has 150 valence electrons. The lowest BCUT2D eigenvalue weighted by Gasteiger charge is -2.33. The van der Waals surface area contributed by atoms with Crippen molar-refractivity contribution >= 4 is 33.7 Å². The second-order valence-electron chi connectivity index (χ2n) is 7.98. The summed E-state index contributed by atoms with van der Waals surface area (Å²) in [6.45, 7) is 0. The Bertz CT molecular complexity index is 1540. The van der Waals surface area contributed by atoms with Crippen molar-refractivity contribution in [2.45, 2.75) is 0 Å². The van der Waals surface area contributed by atoms with Crippen LogP contribution in [-0.4, -0.2) is 10.8 Å². The average Bonchev–Trinajstić information content (AvgIpc) is 3.12. The molecule has 0 saturated heterocycles. The first-order valence-corrected chi connectivity index (χ1v) is 10.5. The van der Waals surface area contributed by atoms with Gasteiger partial charge in [0.05, 0.1) is 33.8 Å². The molecular weight excluding hydrogens is 396 g/mol. The highest BCUT2D eigenvalue weighted by atomic mass is 16.5. The van der Waals surface area contributed by atoms with Gasteiger partial charge in [-0.05, 0) is 42.5 Å². The Labute approximate surface area is 184 Å². The Morgan fingerprint density at radius 3 is 2.09 bits per heavy atom. The minimum atomic E-state index is 0.00491. The quantitative estimate of drug-likeness (QED) is 0.290. The van der Waals surface area contributed by atoms with Crippen LogP contribution in [0.3, 0.4) is 0 Å². The van der Waals surface area contributed by atoms with E-state index >= 15 is 0 Å². The van der Waals surface area contributed by atoms with Crippen molar-refractivity contribution < 1.29 is 9.53 Å². The fraction of sp³-hybridized carbons (Fsp3) is 0. The van der Waals surface area contributed by atoms with Crippen LogP contribution < -0.4 is 9.64 Å². The molecule has 1 aliphatic heterocycles. The van der Waals surface area contributed by atoms with Gasteiger partial charge in [0.2, 0.25) is 0 Å². The van der Waals surface area contributed by atoms with E-state index in [1.54, 1.807) is 0 Å². The van der Waals surface area contributed by atoms with Gasteiger partial charge in [0.15, 0.2) is 17.3 Å². The summed E-state index contributed by atoms with van der Waals surface area (Å²) in [6.07, 6.45) is 0. The number of aromatic nitrogens is 1. The Morgan fingerprint density at radius 2 is 1.31 bits per heavy atom. The van der Waals surface area contributed by atoms with Crippen molar-refractivity contribution in [1.29, 1.82) is 0 Å². The lowest BCUT2D eigenvalue weighted by Crippen LogP contribution is -2.18. The maximum atomic E-state index is 13.7. The van der Waals surface area contributed by atoms with E-state index in [1.807, 2.05) is 97.1 Å². The predicted molar refractivity (Wildman–Crippen MR) is 125 cm³/mol. The van der Waals surface area contributed by atoms with Gasteiger partial charge in [0.25, 0.3) is 0 Å². The maximum absolute atomic E-state index is 13.7. The number of hydrogen-bond donors (Lipinski definition) is 0. The molecule has 0 N–H and O–H groups in total. The molecule has 4 heteroatoms. The zero-order chi connectivity index (χ0) is 21.2. The molecule has 5 aromatic rings. The lowest BCUT2D eigenvalue weighted by atomic mass is 10.0. The number of ether oxygens (including phenoxy) is 1. The first kappa shape index (κ1) is 17.3. The van der Waals surface area contributed by atoms with Crippen molar-refractivity contribution in [2.75, 3.05) is 4.90 Å². The first-order chi connectivity index (χ1) is 15.8. The fourth-order valence-electron chi connectivity index (χ4n) is 4.76. The second-order valence-corrected chi connectivity index (χ2v) is 7.98. The van der Waals surface area contributed by atoms with Gasteiger partial charge in [-0.15, -0.1) is 0 Å². The summed E-state index contributed by atoms with van der Waals surface area (Å²) in [7, 11) is 0. The van der Waals surface area contributed by atoms with Crippen molar-refractivity contribution in [3.05, 3.63) is 108 Å². The van der Waals surface area contributed by atoms with Gasteiger partial charge in [0.1, 0.15) is 0 Å². The molecule has 1 aliphatic carbocycles. The number of anilines is 3. The summed E-state index contributed by atoms with van der Waals surface area (Å²) in [5.41, 5.74) is 6.48. The normalized spacial score (nSPS) is 13.2. The number of pyridine rings is 1. The highest BCUT2D eigenvalue weighted by molar-refractivity contribution is 6.25. The Morgan fingerprint density at radius 1 is 0.656 bits per heavy atom. The molecule has 0 spiro atoms. The predicted octanol–water partition coefficient (Wildman–Crippen LogP) is 7.02. The monoisotopic (exact) mass is 412 g/mol. The minimum Gasteiger partial charge on any atom is -0.453 e. The summed E-state index contributed by atoms with van der Waals surface area (Å²) in [6, 6.07) is 31.7. The molecular formula is C28H16N2O2. The summed E-state index contributed by atoms with van der Waals surface area (Å²) >= 11 is 0. The Balaban J connectivity index is 1.51. The van der Waals surface area contributed by atoms with E-state index in [2.05, 4.69) is 4.90 Å². The molecule has 4 aromatic carbocycles. The number of carbonyl (C=O) groups is 1. The van der Waals surface area contributed by atoms with E-state index < -0.39 is 0 Å². The van der Waals surface area contributed by atoms with Crippen LogP contribution in [0.5, 0.6) is 11.5 Å². The highest BCUT2D eigenvalue weighted by Gasteiger charge is 2.35. The van der Waals surface area contributed by atoms with E-state index in [0.29, 0.717) is 11.1 Å². The van der Waals surface area contributed by atoms with Gasteiger partial charge in [0, 0.05) is 16.5 Å². The molecule has 32 heavy (non-hydrogen) atoms. The molecule has 2 aliphatic rings. The molecule has 0 radical (unpaired) electrons. The smallest absolute Gasteiger partial charge is 0.198 e. The lowest BCUT2D eigenvalue weighted by molar-refractivity contribution is 0.104. The van der Waals surface area contributed by atoms with E-state index in [-0.39, 0.29) is 5.78 Å². The van der Waals surface area contributed by atoms with Crippen LogP contribution in [0.1, 0.15) is 15.9 Å². The molecule has 0 atom stereocenters. The molecule has 0 unspecified atom stereocenters. The van der Waals surface area contributed by atoms with Crippen molar-refractivity contribution in [2.24, 2.45) is 0 Å². The third-order valence-electron chi connectivity index (χ3n) is 6.17. The Hall–Kier alpha value is -4.44. The number of hydrogen-bond acceptors (Lipinski definition) is 4. The van der Waals surface area contributed by atoms with Gasteiger partial charge in [-0.3, -0.25) is 4.79 Å². The van der Waals surface area contributed by atoms with E-state index in [9.17, 15) is 4.79 Å². The summed E-state index contributed by atoms with van der Waals surface area (Å²) in [5.74, 6) is 1.52. The highest BCUT2D eigenvalue weighted by Crippen LogP contribution is 2.53. The molecule has 4 nitrogen and oxygen atoms in total. The third-order valence-corrected chi connectivity index (χ3v) is 6.17. The SMILES string of the molecule is O=C1c2cc3ccccc3nc2-c2cccc(N3c4ccccc4Oc4ccccc43)c21. The topological polar surface area (TPSA) is 42.4 Å². The number of ketones is 1. The van der Waals surface area contributed by atoms with Gasteiger partial charge in [-0.2, -0.15) is 0 Å². The van der Waals surface area contributed by atoms with E-state index in [1.165, 1.54) is 0 Å². The third kappa shape index (κ3) is 2.26. The van der Waals surface area contributed by atoms with Crippen molar-refractivity contribution in [3.63, 3.8) is 0 Å².